The molecule has 0 saturated carbocycles. The maximum Gasteiger partial charge on any atom is 0.142 e. The normalized spacial score (nSPS) is 27.0. The summed E-state index contributed by atoms with van der Waals surface area (Å²) in [5.74, 6) is 0.103. The fourth-order valence-corrected chi connectivity index (χ4v) is 2.51. The van der Waals surface area contributed by atoms with Gasteiger partial charge in [0.2, 0.25) is 0 Å². The molecule has 0 aromatic heterocycles. The van der Waals surface area contributed by atoms with Crippen molar-refractivity contribution in [1.82, 2.24) is 0 Å². The molecular weight excluding hydrogens is 273 g/mol. The van der Waals surface area contributed by atoms with Crippen molar-refractivity contribution in [2.45, 2.75) is 25.5 Å². The lowest BCUT2D eigenvalue weighted by Gasteiger charge is -2.23. The predicted octanol–water partition coefficient (Wildman–Crippen LogP) is 3.01. The zero-order valence-corrected chi connectivity index (χ0v) is 10.7. The highest BCUT2D eigenvalue weighted by molar-refractivity contribution is 9.10. The van der Waals surface area contributed by atoms with Gasteiger partial charge in [0, 0.05) is 12.2 Å². The summed E-state index contributed by atoms with van der Waals surface area (Å²) in [4.78, 5) is 0. The Labute approximate surface area is 103 Å². The van der Waals surface area contributed by atoms with Crippen molar-refractivity contribution in [2.75, 3.05) is 6.61 Å². The number of ether oxygens (including phenoxy) is 1. The molecular formula is C12H15BrFNO. The average Bonchev–Trinajstić information content (AvgIpc) is 2.68. The molecule has 1 saturated heterocycles. The molecule has 2 rings (SSSR count). The second-order valence-corrected chi connectivity index (χ2v) is 5.12. The van der Waals surface area contributed by atoms with E-state index in [9.17, 15) is 4.39 Å². The van der Waals surface area contributed by atoms with Gasteiger partial charge in [-0.1, -0.05) is 19.1 Å². The first-order valence-corrected chi connectivity index (χ1v) is 6.21. The van der Waals surface area contributed by atoms with Crippen LogP contribution in [0.3, 0.4) is 0 Å². The van der Waals surface area contributed by atoms with Crippen molar-refractivity contribution in [2.24, 2.45) is 11.7 Å². The van der Waals surface area contributed by atoms with Crippen LogP contribution in [0.4, 0.5) is 4.39 Å². The summed E-state index contributed by atoms with van der Waals surface area (Å²) in [6, 6.07) is 4.79. The minimum atomic E-state index is -0.394. The number of hydrogen-bond donors (Lipinski definition) is 1. The molecule has 3 atom stereocenters. The van der Waals surface area contributed by atoms with Crippen LogP contribution in [-0.4, -0.2) is 12.7 Å². The first-order valence-electron chi connectivity index (χ1n) is 5.42. The third kappa shape index (κ3) is 2.14. The van der Waals surface area contributed by atoms with E-state index in [-0.39, 0.29) is 11.9 Å². The molecule has 0 bridgehead atoms. The zero-order chi connectivity index (χ0) is 11.7. The van der Waals surface area contributed by atoms with Gasteiger partial charge in [-0.3, -0.25) is 0 Å². The molecule has 0 radical (unpaired) electrons. The molecule has 88 valence electrons. The molecule has 0 spiro atoms. The molecule has 1 aliphatic heterocycles. The van der Waals surface area contributed by atoms with E-state index in [0.717, 1.165) is 13.0 Å². The Morgan fingerprint density at radius 2 is 2.31 bits per heavy atom. The quantitative estimate of drug-likeness (QED) is 0.908. The van der Waals surface area contributed by atoms with Gasteiger partial charge in [0.25, 0.3) is 0 Å². The molecule has 2 N–H and O–H groups in total. The number of rotatable bonds is 2. The van der Waals surface area contributed by atoms with Gasteiger partial charge < -0.3 is 10.5 Å². The summed E-state index contributed by atoms with van der Waals surface area (Å²) in [7, 11) is 0. The minimum Gasteiger partial charge on any atom is -0.376 e. The Morgan fingerprint density at radius 3 is 2.94 bits per heavy atom. The highest BCUT2D eigenvalue weighted by atomic mass is 79.9. The summed E-state index contributed by atoms with van der Waals surface area (Å²) in [6.07, 6.45) is 0.914. The Morgan fingerprint density at radius 1 is 1.56 bits per heavy atom. The maximum atomic E-state index is 13.9. The maximum absolute atomic E-state index is 13.9. The van der Waals surface area contributed by atoms with E-state index in [4.69, 9.17) is 10.5 Å². The topological polar surface area (TPSA) is 35.2 Å². The van der Waals surface area contributed by atoms with Gasteiger partial charge in [-0.25, -0.2) is 4.39 Å². The number of halogens is 2. The Bertz CT molecular complexity index is 385. The van der Waals surface area contributed by atoms with Crippen molar-refractivity contribution >= 4 is 15.9 Å². The summed E-state index contributed by atoms with van der Waals surface area (Å²) < 4.78 is 19.9. The molecule has 0 aliphatic carbocycles. The molecule has 3 unspecified atom stereocenters. The van der Waals surface area contributed by atoms with Crippen molar-refractivity contribution in [3.05, 3.63) is 34.1 Å². The van der Waals surface area contributed by atoms with Crippen molar-refractivity contribution in [3.8, 4) is 0 Å². The van der Waals surface area contributed by atoms with Gasteiger partial charge in [-0.05, 0) is 34.3 Å². The van der Waals surface area contributed by atoms with Gasteiger partial charge in [0.1, 0.15) is 5.82 Å². The molecule has 4 heteroatoms. The monoisotopic (exact) mass is 287 g/mol. The average molecular weight is 288 g/mol. The van der Waals surface area contributed by atoms with Crippen molar-refractivity contribution in [1.29, 1.82) is 0 Å². The van der Waals surface area contributed by atoms with E-state index in [1.54, 1.807) is 18.2 Å². The third-order valence-electron chi connectivity index (χ3n) is 3.14. The molecule has 1 heterocycles. The van der Waals surface area contributed by atoms with Crippen LogP contribution in [0.5, 0.6) is 0 Å². The van der Waals surface area contributed by atoms with Crippen LogP contribution in [-0.2, 0) is 4.74 Å². The lowest BCUT2D eigenvalue weighted by molar-refractivity contribution is 0.0714. The van der Waals surface area contributed by atoms with Crippen LogP contribution in [0.25, 0.3) is 0 Å². The van der Waals surface area contributed by atoms with Gasteiger partial charge in [-0.2, -0.15) is 0 Å². The van der Waals surface area contributed by atoms with Crippen molar-refractivity contribution < 1.29 is 9.13 Å². The number of benzene rings is 1. The molecule has 1 fully saturated rings. The van der Waals surface area contributed by atoms with Crippen LogP contribution in [0.1, 0.15) is 24.9 Å². The Kier molecular flexibility index (Phi) is 3.62. The first-order chi connectivity index (χ1) is 7.61. The van der Waals surface area contributed by atoms with E-state index < -0.39 is 6.04 Å². The number of hydrogen-bond acceptors (Lipinski definition) is 2. The fourth-order valence-electron chi connectivity index (χ4n) is 2.13. The lowest BCUT2D eigenvalue weighted by Crippen LogP contribution is -2.30. The van der Waals surface area contributed by atoms with E-state index in [1.165, 1.54) is 0 Å². The first kappa shape index (κ1) is 12.0. The van der Waals surface area contributed by atoms with Gasteiger partial charge in [-0.15, -0.1) is 0 Å². The summed E-state index contributed by atoms with van der Waals surface area (Å²) in [5, 5.41) is 0. The SMILES string of the molecule is CC1CCOC1C(N)c1cccc(Br)c1F. The summed E-state index contributed by atoms with van der Waals surface area (Å²) in [6.45, 7) is 2.81. The molecule has 1 aliphatic rings. The second kappa shape index (κ2) is 4.82. The van der Waals surface area contributed by atoms with Crippen LogP contribution in [0.2, 0.25) is 0 Å². The van der Waals surface area contributed by atoms with Crippen LogP contribution >= 0.6 is 15.9 Å². The van der Waals surface area contributed by atoms with Crippen LogP contribution < -0.4 is 5.73 Å². The van der Waals surface area contributed by atoms with Crippen LogP contribution in [0, 0.1) is 11.7 Å². The molecule has 0 amide bonds. The highest BCUT2D eigenvalue weighted by Gasteiger charge is 2.32. The van der Waals surface area contributed by atoms with E-state index in [2.05, 4.69) is 22.9 Å². The van der Waals surface area contributed by atoms with Gasteiger partial charge >= 0.3 is 0 Å². The van der Waals surface area contributed by atoms with Crippen molar-refractivity contribution in [3.63, 3.8) is 0 Å². The van der Waals surface area contributed by atoms with Crippen LogP contribution in [0.15, 0.2) is 22.7 Å². The summed E-state index contributed by atoms with van der Waals surface area (Å²) in [5.41, 5.74) is 6.60. The predicted molar refractivity (Wildman–Crippen MR) is 64.5 cm³/mol. The van der Waals surface area contributed by atoms with Gasteiger partial charge in [0.15, 0.2) is 0 Å². The molecule has 16 heavy (non-hydrogen) atoms. The number of nitrogens with two attached hydrogens (primary N) is 1. The minimum absolute atomic E-state index is 0.0798. The zero-order valence-electron chi connectivity index (χ0n) is 9.12. The Hall–Kier alpha value is -0.450. The molecule has 2 nitrogen and oxygen atoms in total. The highest BCUT2D eigenvalue weighted by Crippen LogP contribution is 2.32. The van der Waals surface area contributed by atoms with E-state index in [1.807, 2.05) is 0 Å². The molecule has 1 aromatic rings. The van der Waals surface area contributed by atoms with E-state index in [0.29, 0.717) is 16.0 Å². The summed E-state index contributed by atoms with van der Waals surface area (Å²) >= 11 is 3.17. The smallest absolute Gasteiger partial charge is 0.142 e. The second-order valence-electron chi connectivity index (χ2n) is 4.27. The largest absolute Gasteiger partial charge is 0.376 e. The third-order valence-corrected chi connectivity index (χ3v) is 3.75. The fraction of sp³-hybridized carbons (Fsp3) is 0.500. The van der Waals surface area contributed by atoms with Gasteiger partial charge in [0.05, 0.1) is 16.6 Å². The molecule has 1 aromatic carbocycles. The van der Waals surface area contributed by atoms with E-state index >= 15 is 0 Å². The lowest BCUT2D eigenvalue weighted by atomic mass is 9.93. The standard InChI is InChI=1S/C12H15BrFNO/c1-7-5-6-16-12(7)11(15)8-3-2-4-9(13)10(8)14/h2-4,7,11-12H,5-6,15H2,1H3. The Balaban J connectivity index is 2.26.